The van der Waals surface area contributed by atoms with Gasteiger partial charge in [-0.05, 0) is 30.3 Å². The van der Waals surface area contributed by atoms with E-state index in [1.807, 2.05) is 18.2 Å². The summed E-state index contributed by atoms with van der Waals surface area (Å²) < 4.78 is 17.1. The van der Waals surface area contributed by atoms with Crippen molar-refractivity contribution < 1.29 is 18.7 Å². The maximum Gasteiger partial charge on any atom is 0.257 e. The van der Waals surface area contributed by atoms with Crippen molar-refractivity contribution >= 4 is 34.1 Å². The van der Waals surface area contributed by atoms with E-state index >= 15 is 0 Å². The number of aromatic nitrogens is 4. The smallest absolute Gasteiger partial charge is 0.257 e. The number of ether oxygens (including phenoxy) is 2. The van der Waals surface area contributed by atoms with Crippen molar-refractivity contribution in [1.29, 1.82) is 0 Å². The number of rotatable bonds is 6. The Balaban J connectivity index is 1.20. The highest BCUT2D eigenvalue weighted by atomic mass is 32.2. The highest BCUT2D eigenvalue weighted by Gasteiger charge is 2.17. The molecular weight excluding hydrogens is 426 g/mol. The molecule has 1 N–H and O–H groups in total. The number of nitrogens with one attached hydrogen (secondary N) is 1. The van der Waals surface area contributed by atoms with Crippen molar-refractivity contribution in [1.82, 2.24) is 20.4 Å². The molecule has 2 aromatic carbocycles. The molecule has 1 amide bonds. The standard InChI is InChI=1S/C19H13N5O4S2/c25-16(11-4-2-1-3-5-11)20-18-23-24-19(30-18)29-9-15-21-22-17(28-15)12-6-7-13-14(8-12)27-10-26-13/h1-8H,9-10H2,(H,20,23,25). The van der Waals surface area contributed by atoms with Gasteiger partial charge in [0.2, 0.25) is 23.7 Å². The summed E-state index contributed by atoms with van der Waals surface area (Å²) >= 11 is 2.68. The van der Waals surface area contributed by atoms with Gasteiger partial charge in [-0.15, -0.1) is 20.4 Å². The van der Waals surface area contributed by atoms with Crippen molar-refractivity contribution in [2.24, 2.45) is 0 Å². The molecule has 0 atom stereocenters. The number of fused-ring (bicyclic) bond motifs is 1. The summed E-state index contributed by atoms with van der Waals surface area (Å²) in [5, 5.41) is 19.4. The Bertz CT molecular complexity index is 1190. The molecule has 0 fully saturated rings. The molecule has 150 valence electrons. The van der Waals surface area contributed by atoms with Gasteiger partial charge in [-0.2, -0.15) is 0 Å². The molecule has 30 heavy (non-hydrogen) atoms. The van der Waals surface area contributed by atoms with E-state index < -0.39 is 0 Å². The van der Waals surface area contributed by atoms with Crippen LogP contribution < -0.4 is 14.8 Å². The third-order valence-electron chi connectivity index (χ3n) is 4.07. The molecule has 1 aliphatic rings. The number of carbonyl (C=O) groups is 1. The van der Waals surface area contributed by atoms with Crippen molar-refractivity contribution in [2.45, 2.75) is 10.1 Å². The predicted molar refractivity (Wildman–Crippen MR) is 110 cm³/mol. The first-order chi connectivity index (χ1) is 14.7. The van der Waals surface area contributed by atoms with Crippen LogP contribution in [0, 0.1) is 0 Å². The topological polar surface area (TPSA) is 112 Å². The van der Waals surface area contributed by atoms with Crippen LogP contribution in [0.25, 0.3) is 11.5 Å². The van der Waals surface area contributed by atoms with Crippen molar-refractivity contribution in [3.63, 3.8) is 0 Å². The van der Waals surface area contributed by atoms with Crippen molar-refractivity contribution in [3.8, 4) is 23.0 Å². The molecular formula is C19H13N5O4S2. The second kappa shape index (κ2) is 8.13. The predicted octanol–water partition coefficient (Wildman–Crippen LogP) is 3.86. The Morgan fingerprint density at radius 3 is 2.80 bits per heavy atom. The van der Waals surface area contributed by atoms with E-state index in [-0.39, 0.29) is 12.7 Å². The normalized spacial score (nSPS) is 12.1. The fourth-order valence-electron chi connectivity index (χ4n) is 2.66. The highest BCUT2D eigenvalue weighted by Crippen LogP contribution is 2.36. The molecule has 5 rings (SSSR count). The number of thioether (sulfide) groups is 1. The molecule has 0 spiro atoms. The second-order valence-electron chi connectivity index (χ2n) is 6.05. The minimum absolute atomic E-state index is 0.208. The molecule has 0 bridgehead atoms. The first-order valence-electron chi connectivity index (χ1n) is 8.80. The van der Waals surface area contributed by atoms with E-state index in [0.717, 1.165) is 5.56 Å². The zero-order valence-electron chi connectivity index (χ0n) is 15.3. The van der Waals surface area contributed by atoms with E-state index in [4.69, 9.17) is 13.9 Å². The lowest BCUT2D eigenvalue weighted by Crippen LogP contribution is -2.11. The quantitative estimate of drug-likeness (QED) is 0.353. The summed E-state index contributed by atoms with van der Waals surface area (Å²) in [4.78, 5) is 12.2. The third kappa shape index (κ3) is 3.98. The largest absolute Gasteiger partial charge is 0.454 e. The van der Waals surface area contributed by atoms with Crippen LogP contribution in [0.15, 0.2) is 57.3 Å². The summed E-state index contributed by atoms with van der Waals surface area (Å²) in [5.41, 5.74) is 1.31. The maximum atomic E-state index is 12.2. The number of hydrogen-bond donors (Lipinski definition) is 1. The van der Waals surface area contributed by atoms with Gasteiger partial charge in [0.05, 0.1) is 5.75 Å². The molecule has 11 heteroatoms. The Morgan fingerprint density at radius 1 is 1.03 bits per heavy atom. The van der Waals surface area contributed by atoms with E-state index in [9.17, 15) is 4.79 Å². The SMILES string of the molecule is O=C(Nc1nnc(SCc2nnc(-c3ccc4c(c3)OCO4)o2)s1)c1ccccc1. The molecule has 9 nitrogen and oxygen atoms in total. The number of benzene rings is 2. The summed E-state index contributed by atoms with van der Waals surface area (Å²) in [7, 11) is 0. The van der Waals surface area contributed by atoms with Crippen LogP contribution in [0.1, 0.15) is 16.2 Å². The van der Waals surface area contributed by atoms with E-state index in [1.165, 1.54) is 23.1 Å². The van der Waals surface area contributed by atoms with Gasteiger partial charge >= 0.3 is 0 Å². The highest BCUT2D eigenvalue weighted by molar-refractivity contribution is 8.00. The van der Waals surface area contributed by atoms with Gasteiger partial charge in [-0.3, -0.25) is 10.1 Å². The van der Waals surface area contributed by atoms with Gasteiger partial charge in [0.25, 0.3) is 5.91 Å². The van der Waals surface area contributed by atoms with Gasteiger partial charge in [0, 0.05) is 11.1 Å². The molecule has 0 aliphatic carbocycles. The van der Waals surface area contributed by atoms with Crippen LogP contribution in [0.3, 0.4) is 0 Å². The first kappa shape index (κ1) is 18.6. The van der Waals surface area contributed by atoms with Crippen LogP contribution in [-0.2, 0) is 5.75 Å². The molecule has 0 saturated carbocycles. The summed E-state index contributed by atoms with van der Waals surface area (Å²) in [5.74, 6) is 2.41. The van der Waals surface area contributed by atoms with Gasteiger partial charge in [0.15, 0.2) is 15.8 Å². The number of anilines is 1. The minimum atomic E-state index is -0.228. The molecule has 0 saturated heterocycles. The Hall–Kier alpha value is -3.44. The van der Waals surface area contributed by atoms with E-state index in [0.29, 0.717) is 44.1 Å². The number of carbonyl (C=O) groups excluding carboxylic acids is 1. The fraction of sp³-hybridized carbons (Fsp3) is 0.105. The number of nitrogens with zero attached hydrogens (tertiary/aromatic N) is 4. The number of amides is 1. The zero-order chi connectivity index (χ0) is 20.3. The number of hydrogen-bond acceptors (Lipinski definition) is 10. The lowest BCUT2D eigenvalue weighted by molar-refractivity contribution is 0.102. The first-order valence-corrected chi connectivity index (χ1v) is 10.6. The molecule has 1 aliphatic heterocycles. The minimum Gasteiger partial charge on any atom is -0.454 e. The van der Waals surface area contributed by atoms with Gasteiger partial charge in [-0.1, -0.05) is 41.3 Å². The average molecular weight is 439 g/mol. The van der Waals surface area contributed by atoms with Crippen molar-refractivity contribution in [3.05, 3.63) is 60.0 Å². The Labute approximate surface area is 178 Å². The zero-order valence-corrected chi connectivity index (χ0v) is 16.9. The molecule has 3 heterocycles. The van der Waals surface area contributed by atoms with Crippen LogP contribution in [0.4, 0.5) is 5.13 Å². The summed E-state index contributed by atoms with van der Waals surface area (Å²) in [6.07, 6.45) is 0. The van der Waals surface area contributed by atoms with Gasteiger partial charge in [0.1, 0.15) is 0 Å². The van der Waals surface area contributed by atoms with Crippen LogP contribution in [0.5, 0.6) is 11.5 Å². The van der Waals surface area contributed by atoms with Gasteiger partial charge < -0.3 is 13.9 Å². The monoisotopic (exact) mass is 439 g/mol. The Kier molecular flexibility index (Phi) is 5.03. The summed E-state index contributed by atoms with van der Waals surface area (Å²) in [6, 6.07) is 14.4. The Morgan fingerprint density at radius 2 is 1.90 bits per heavy atom. The molecule has 4 aromatic rings. The lowest BCUT2D eigenvalue weighted by atomic mass is 10.2. The van der Waals surface area contributed by atoms with Crippen LogP contribution in [0.2, 0.25) is 0 Å². The van der Waals surface area contributed by atoms with Crippen LogP contribution in [-0.4, -0.2) is 33.1 Å². The summed E-state index contributed by atoms with van der Waals surface area (Å²) in [6.45, 7) is 0.208. The third-order valence-corrected chi connectivity index (χ3v) is 6.03. The molecule has 0 radical (unpaired) electrons. The fourth-order valence-corrected chi connectivity index (χ4v) is 4.24. The van der Waals surface area contributed by atoms with Crippen LogP contribution >= 0.6 is 23.1 Å². The molecule has 2 aromatic heterocycles. The van der Waals surface area contributed by atoms with E-state index in [2.05, 4.69) is 25.7 Å². The second-order valence-corrected chi connectivity index (χ2v) is 8.25. The van der Waals surface area contributed by atoms with E-state index in [1.54, 1.807) is 30.3 Å². The van der Waals surface area contributed by atoms with Crippen molar-refractivity contribution in [2.75, 3.05) is 12.1 Å². The maximum absolute atomic E-state index is 12.2. The molecule has 0 unspecified atom stereocenters. The lowest BCUT2D eigenvalue weighted by Gasteiger charge is -1.99. The average Bonchev–Trinajstić information content (AvgIpc) is 3.53. The van der Waals surface area contributed by atoms with Gasteiger partial charge in [-0.25, -0.2) is 0 Å².